The average molecular weight is 409 g/mol. The highest BCUT2D eigenvalue weighted by Crippen LogP contribution is 2.15. The highest BCUT2D eigenvalue weighted by molar-refractivity contribution is 9.10. The van der Waals surface area contributed by atoms with Gasteiger partial charge in [0.1, 0.15) is 0 Å². The van der Waals surface area contributed by atoms with Gasteiger partial charge in [-0.2, -0.15) is 0 Å². The molecule has 0 radical (unpaired) electrons. The molecule has 1 aromatic heterocycles. The Morgan fingerprint density at radius 3 is 2.58 bits per heavy atom. The molecule has 0 N–H and O–H groups in total. The van der Waals surface area contributed by atoms with Crippen LogP contribution in [0.3, 0.4) is 0 Å². The summed E-state index contributed by atoms with van der Waals surface area (Å²) in [6.45, 7) is 0.161. The van der Waals surface area contributed by atoms with Crippen LogP contribution in [0.2, 0.25) is 0 Å². The number of likely N-dealkylation sites (N-methyl/N-ethyl adjacent to an activating group) is 1. The van der Waals surface area contributed by atoms with Crippen LogP contribution in [-0.4, -0.2) is 41.7 Å². The molecule has 5 nitrogen and oxygen atoms in total. The molecular formula is C17H17BrN2O3S. The largest absolute Gasteiger partial charge is 0.452 e. The molecule has 0 aliphatic rings. The van der Waals surface area contributed by atoms with Crippen molar-refractivity contribution in [3.63, 3.8) is 0 Å². The minimum absolute atomic E-state index is 0.264. The van der Waals surface area contributed by atoms with Gasteiger partial charge in [0.2, 0.25) is 0 Å². The summed E-state index contributed by atoms with van der Waals surface area (Å²) >= 11 is 4.90. The smallest absolute Gasteiger partial charge is 0.340 e. The van der Waals surface area contributed by atoms with Crippen LogP contribution in [0.1, 0.15) is 15.9 Å². The quantitative estimate of drug-likeness (QED) is 0.541. The molecule has 24 heavy (non-hydrogen) atoms. The Labute approximate surface area is 153 Å². The fourth-order valence-electron chi connectivity index (χ4n) is 1.94. The normalized spacial score (nSPS) is 10.3. The van der Waals surface area contributed by atoms with Crippen LogP contribution in [0.4, 0.5) is 0 Å². The molecule has 0 saturated carbocycles. The maximum atomic E-state index is 12.1. The molecule has 0 atom stereocenters. The first-order valence-corrected chi connectivity index (χ1v) is 9.16. The number of carbonyl (C=O) groups excluding carboxylic acids is 2. The van der Waals surface area contributed by atoms with Crippen molar-refractivity contribution < 1.29 is 14.3 Å². The first-order chi connectivity index (χ1) is 11.5. The Kier molecular flexibility index (Phi) is 6.81. The number of amides is 1. The molecule has 0 aliphatic heterocycles. The first kappa shape index (κ1) is 18.5. The molecule has 0 saturated heterocycles. The lowest BCUT2D eigenvalue weighted by Crippen LogP contribution is -2.30. The Hall–Kier alpha value is -1.86. The number of esters is 1. The van der Waals surface area contributed by atoms with Gasteiger partial charge >= 0.3 is 5.97 Å². The van der Waals surface area contributed by atoms with Crippen LogP contribution >= 0.6 is 27.7 Å². The summed E-state index contributed by atoms with van der Waals surface area (Å²) in [5.74, 6) is -0.838. The summed E-state index contributed by atoms with van der Waals surface area (Å²) in [6.07, 6.45) is 4.98. The second kappa shape index (κ2) is 8.84. The number of halogens is 1. The number of carbonyl (C=O) groups is 2. The topological polar surface area (TPSA) is 59.5 Å². The Balaban J connectivity index is 1.85. The van der Waals surface area contributed by atoms with Gasteiger partial charge in [-0.05, 0) is 45.9 Å². The van der Waals surface area contributed by atoms with Crippen molar-refractivity contribution in [3.05, 3.63) is 58.3 Å². The maximum absolute atomic E-state index is 12.1. The van der Waals surface area contributed by atoms with Gasteiger partial charge in [0.25, 0.3) is 5.91 Å². The second-order valence-electron chi connectivity index (χ2n) is 5.07. The molecule has 0 spiro atoms. The Morgan fingerprint density at radius 1 is 1.25 bits per heavy atom. The van der Waals surface area contributed by atoms with E-state index in [0.717, 1.165) is 5.56 Å². The SMILES string of the molecule is CSc1ccc(CN(C)C(=O)COC(=O)c2cncc(Br)c2)cc1. The van der Waals surface area contributed by atoms with Crippen molar-refractivity contribution in [1.29, 1.82) is 0 Å². The number of nitrogens with zero attached hydrogens (tertiary/aromatic N) is 2. The molecule has 0 unspecified atom stereocenters. The molecule has 0 fully saturated rings. The van der Waals surface area contributed by atoms with E-state index >= 15 is 0 Å². The molecule has 0 aliphatic carbocycles. The van der Waals surface area contributed by atoms with Gasteiger partial charge < -0.3 is 9.64 Å². The van der Waals surface area contributed by atoms with E-state index in [4.69, 9.17) is 4.74 Å². The van der Waals surface area contributed by atoms with Crippen molar-refractivity contribution >= 4 is 39.6 Å². The van der Waals surface area contributed by atoms with Gasteiger partial charge in [0.15, 0.2) is 6.61 Å². The standard InChI is InChI=1S/C17H17BrN2O3S/c1-20(10-12-3-5-15(24-2)6-4-12)16(21)11-23-17(22)13-7-14(18)9-19-8-13/h3-9H,10-11H2,1-2H3. The molecule has 7 heteroatoms. The van der Waals surface area contributed by atoms with Crippen molar-refractivity contribution in [3.8, 4) is 0 Å². The summed E-state index contributed by atoms with van der Waals surface area (Å²) in [6, 6.07) is 9.58. The lowest BCUT2D eigenvalue weighted by atomic mass is 10.2. The number of aromatic nitrogens is 1. The molecule has 126 valence electrons. The number of ether oxygens (including phenoxy) is 1. The van der Waals surface area contributed by atoms with E-state index < -0.39 is 5.97 Å². The number of hydrogen-bond acceptors (Lipinski definition) is 5. The predicted molar refractivity (Wildman–Crippen MR) is 96.9 cm³/mol. The first-order valence-electron chi connectivity index (χ1n) is 7.14. The van der Waals surface area contributed by atoms with Gasteiger partial charge in [-0.15, -0.1) is 11.8 Å². The molecule has 1 aromatic carbocycles. The zero-order chi connectivity index (χ0) is 17.5. The number of pyridine rings is 1. The molecule has 1 heterocycles. The Morgan fingerprint density at radius 2 is 1.96 bits per heavy atom. The summed E-state index contributed by atoms with van der Waals surface area (Å²) in [7, 11) is 1.68. The van der Waals surface area contributed by atoms with Crippen molar-refractivity contribution in [2.75, 3.05) is 19.9 Å². The highest BCUT2D eigenvalue weighted by Gasteiger charge is 2.14. The van der Waals surface area contributed by atoms with Crippen LogP contribution in [0, 0.1) is 0 Å². The summed E-state index contributed by atoms with van der Waals surface area (Å²) in [5, 5.41) is 0. The molecule has 2 aromatic rings. The Bertz CT molecular complexity index is 722. The summed E-state index contributed by atoms with van der Waals surface area (Å²) in [4.78, 5) is 30.6. The van der Waals surface area contributed by atoms with E-state index in [9.17, 15) is 9.59 Å². The van der Waals surface area contributed by atoms with E-state index in [1.54, 1.807) is 31.1 Å². The summed E-state index contributed by atoms with van der Waals surface area (Å²) in [5.41, 5.74) is 1.32. The lowest BCUT2D eigenvalue weighted by Gasteiger charge is -2.17. The molecule has 1 amide bonds. The van der Waals surface area contributed by atoms with Gasteiger partial charge in [0, 0.05) is 35.4 Å². The molecular weight excluding hydrogens is 392 g/mol. The minimum Gasteiger partial charge on any atom is -0.452 e. The minimum atomic E-state index is -0.574. The van der Waals surface area contributed by atoms with Crippen molar-refractivity contribution in [2.24, 2.45) is 0 Å². The van der Waals surface area contributed by atoms with Crippen LogP contribution in [-0.2, 0) is 16.1 Å². The third-order valence-electron chi connectivity index (χ3n) is 3.27. The highest BCUT2D eigenvalue weighted by atomic mass is 79.9. The lowest BCUT2D eigenvalue weighted by molar-refractivity contribution is -0.133. The number of hydrogen-bond donors (Lipinski definition) is 0. The average Bonchev–Trinajstić information content (AvgIpc) is 2.60. The van der Waals surface area contributed by atoms with Gasteiger partial charge in [0.05, 0.1) is 5.56 Å². The summed E-state index contributed by atoms with van der Waals surface area (Å²) < 4.78 is 5.72. The zero-order valence-corrected chi connectivity index (χ0v) is 15.8. The monoisotopic (exact) mass is 408 g/mol. The van der Waals surface area contributed by atoms with E-state index in [2.05, 4.69) is 20.9 Å². The van der Waals surface area contributed by atoms with Crippen molar-refractivity contribution in [2.45, 2.75) is 11.4 Å². The molecule has 0 bridgehead atoms. The zero-order valence-electron chi connectivity index (χ0n) is 13.4. The fraction of sp³-hybridized carbons (Fsp3) is 0.235. The van der Waals surface area contributed by atoms with Crippen LogP contribution in [0.25, 0.3) is 0 Å². The third kappa shape index (κ3) is 5.35. The van der Waals surface area contributed by atoms with Crippen LogP contribution in [0.5, 0.6) is 0 Å². The number of thioether (sulfide) groups is 1. The van der Waals surface area contributed by atoms with E-state index in [1.165, 1.54) is 16.0 Å². The fourth-order valence-corrected chi connectivity index (χ4v) is 2.71. The van der Waals surface area contributed by atoms with Gasteiger partial charge in [-0.3, -0.25) is 9.78 Å². The number of rotatable bonds is 6. The molecule has 2 rings (SSSR count). The number of benzene rings is 1. The van der Waals surface area contributed by atoms with E-state index in [-0.39, 0.29) is 12.5 Å². The third-order valence-corrected chi connectivity index (χ3v) is 4.45. The maximum Gasteiger partial charge on any atom is 0.340 e. The van der Waals surface area contributed by atoms with Gasteiger partial charge in [-0.25, -0.2) is 4.79 Å². The van der Waals surface area contributed by atoms with E-state index in [0.29, 0.717) is 16.6 Å². The van der Waals surface area contributed by atoms with E-state index in [1.807, 2.05) is 30.5 Å². The van der Waals surface area contributed by atoms with Crippen LogP contribution < -0.4 is 0 Å². The van der Waals surface area contributed by atoms with Gasteiger partial charge in [-0.1, -0.05) is 12.1 Å². The van der Waals surface area contributed by atoms with Crippen LogP contribution in [0.15, 0.2) is 52.1 Å². The second-order valence-corrected chi connectivity index (χ2v) is 6.86. The predicted octanol–water partition coefficient (Wildman–Crippen LogP) is 3.38. The van der Waals surface area contributed by atoms with Crippen molar-refractivity contribution in [1.82, 2.24) is 9.88 Å².